The predicted octanol–water partition coefficient (Wildman–Crippen LogP) is 6.40. The summed E-state index contributed by atoms with van der Waals surface area (Å²) in [7, 11) is 0. The Morgan fingerprint density at radius 2 is 1.19 bits per heavy atom. The van der Waals surface area contributed by atoms with Crippen LogP contribution in [0.25, 0.3) is 11.1 Å². The summed E-state index contributed by atoms with van der Waals surface area (Å²) in [5.41, 5.74) is 2.31. The maximum absolute atomic E-state index is 3.60. The van der Waals surface area contributed by atoms with Crippen LogP contribution in [0.2, 0.25) is 0 Å². The van der Waals surface area contributed by atoms with Gasteiger partial charge in [0.05, 0.1) is 0 Å². The summed E-state index contributed by atoms with van der Waals surface area (Å²) in [6.07, 6.45) is 0. The monoisotopic (exact) mass is 466 g/mol. The van der Waals surface area contributed by atoms with E-state index in [1.165, 1.54) is 5.56 Å². The van der Waals surface area contributed by atoms with E-state index < -0.39 is 0 Å². The third-order valence-corrected chi connectivity index (χ3v) is 6.14. The van der Waals surface area contributed by atoms with Gasteiger partial charge in [0, 0.05) is 23.5 Å². The van der Waals surface area contributed by atoms with Gasteiger partial charge in [0.2, 0.25) is 0 Å². The Bertz CT molecular complexity index is 494. The zero-order valence-electron chi connectivity index (χ0n) is 7.98. The third kappa shape index (κ3) is 2.45. The molecule has 0 spiro atoms. The minimum Gasteiger partial charge on any atom is -0.0622 e. The van der Waals surface area contributed by atoms with Crippen LogP contribution in [0, 0.1) is 0 Å². The lowest BCUT2D eigenvalue weighted by atomic mass is 10.1. The summed E-state index contributed by atoms with van der Waals surface area (Å²) < 4.78 is 4.16. The van der Waals surface area contributed by atoms with Gasteiger partial charge in [-0.15, -0.1) is 0 Å². The normalized spacial score (nSPS) is 10.5. The Morgan fingerprint density at radius 3 is 1.69 bits per heavy atom. The summed E-state index contributed by atoms with van der Waals surface area (Å²) in [6, 6.07) is 12.3. The molecule has 0 saturated heterocycles. The van der Waals surface area contributed by atoms with Crippen molar-refractivity contribution in [1.29, 1.82) is 0 Å². The highest BCUT2D eigenvalue weighted by Crippen LogP contribution is 2.43. The van der Waals surface area contributed by atoms with Gasteiger partial charge in [-0.05, 0) is 75.3 Å². The van der Waals surface area contributed by atoms with E-state index in [2.05, 4.69) is 75.9 Å². The number of rotatable bonds is 1. The van der Waals surface area contributed by atoms with Crippen LogP contribution in [0.5, 0.6) is 0 Å². The van der Waals surface area contributed by atoms with Crippen LogP contribution in [-0.4, -0.2) is 0 Å². The van der Waals surface area contributed by atoms with Gasteiger partial charge in [0.25, 0.3) is 0 Å². The summed E-state index contributed by atoms with van der Waals surface area (Å²) in [5, 5.41) is 0. The van der Waals surface area contributed by atoms with Crippen molar-refractivity contribution < 1.29 is 0 Å². The van der Waals surface area contributed by atoms with Crippen LogP contribution in [0.4, 0.5) is 0 Å². The van der Waals surface area contributed by atoms with Crippen LogP contribution < -0.4 is 0 Å². The van der Waals surface area contributed by atoms with Crippen molar-refractivity contribution in [3.63, 3.8) is 0 Å². The molecule has 0 heterocycles. The molecule has 0 N–H and O–H groups in total. The van der Waals surface area contributed by atoms with Gasteiger partial charge in [-0.3, -0.25) is 0 Å². The van der Waals surface area contributed by atoms with Gasteiger partial charge in [-0.25, -0.2) is 0 Å². The van der Waals surface area contributed by atoms with Crippen LogP contribution in [0.1, 0.15) is 0 Å². The Labute approximate surface area is 128 Å². The van der Waals surface area contributed by atoms with Gasteiger partial charge in [0.1, 0.15) is 0 Å². The molecule has 0 amide bonds. The molecule has 4 heteroatoms. The quantitative estimate of drug-likeness (QED) is 0.424. The van der Waals surface area contributed by atoms with Crippen molar-refractivity contribution in [2.24, 2.45) is 0 Å². The molecule has 0 bridgehead atoms. The average molecular weight is 470 g/mol. The largest absolute Gasteiger partial charge is 0.0622 e. The second kappa shape index (κ2) is 5.34. The molecule has 0 fully saturated rings. The van der Waals surface area contributed by atoms with Gasteiger partial charge < -0.3 is 0 Å². The molecule has 2 aromatic rings. The van der Waals surface area contributed by atoms with Crippen molar-refractivity contribution in [3.8, 4) is 11.1 Å². The minimum absolute atomic E-state index is 1.03. The topological polar surface area (TPSA) is 0 Å². The SMILES string of the molecule is Brc1cc(Br)c(Br)c(-c2ccccc2)c1Br. The Kier molecular flexibility index (Phi) is 4.27. The van der Waals surface area contributed by atoms with Crippen LogP contribution in [-0.2, 0) is 0 Å². The molecule has 0 aliphatic carbocycles. The molecule has 0 saturated carbocycles. The number of hydrogen-bond donors (Lipinski definition) is 0. The zero-order valence-corrected chi connectivity index (χ0v) is 14.3. The second-order valence-electron chi connectivity index (χ2n) is 3.21. The lowest BCUT2D eigenvalue weighted by molar-refractivity contribution is 1.48. The Morgan fingerprint density at radius 1 is 0.688 bits per heavy atom. The van der Waals surface area contributed by atoms with E-state index in [0.717, 1.165) is 23.5 Å². The highest BCUT2D eigenvalue weighted by molar-refractivity contribution is 9.14. The zero-order chi connectivity index (χ0) is 11.7. The number of benzene rings is 2. The molecular weight excluding hydrogens is 464 g/mol. The first-order valence-electron chi connectivity index (χ1n) is 4.49. The molecule has 0 aliphatic heterocycles. The summed E-state index contributed by atoms with van der Waals surface area (Å²) >= 11 is 14.3. The number of halogens is 4. The van der Waals surface area contributed by atoms with Crippen molar-refractivity contribution in [1.82, 2.24) is 0 Å². The van der Waals surface area contributed by atoms with E-state index in [1.54, 1.807) is 0 Å². The maximum atomic E-state index is 3.60. The van der Waals surface area contributed by atoms with E-state index in [1.807, 2.05) is 24.3 Å². The highest BCUT2D eigenvalue weighted by atomic mass is 79.9. The number of hydrogen-bond acceptors (Lipinski definition) is 0. The predicted molar refractivity (Wildman–Crippen MR) is 82.7 cm³/mol. The Balaban J connectivity index is 2.74. The van der Waals surface area contributed by atoms with Crippen LogP contribution in [0.3, 0.4) is 0 Å². The van der Waals surface area contributed by atoms with Gasteiger partial charge in [0.15, 0.2) is 0 Å². The molecule has 82 valence electrons. The molecule has 2 rings (SSSR count). The lowest BCUT2D eigenvalue weighted by Crippen LogP contribution is -1.85. The van der Waals surface area contributed by atoms with E-state index in [4.69, 9.17) is 0 Å². The Hall–Kier alpha value is 0.360. The van der Waals surface area contributed by atoms with Gasteiger partial charge in [-0.1, -0.05) is 30.3 Å². The van der Waals surface area contributed by atoms with Gasteiger partial charge >= 0.3 is 0 Å². The van der Waals surface area contributed by atoms with Crippen LogP contribution in [0.15, 0.2) is 54.3 Å². The maximum Gasteiger partial charge on any atom is 0.0408 e. The fourth-order valence-electron chi connectivity index (χ4n) is 1.43. The first kappa shape index (κ1) is 12.8. The standard InChI is InChI=1S/C12H6Br4/c13-8-6-9(14)12(16)10(11(8)15)7-4-2-1-3-5-7/h1-6H. The van der Waals surface area contributed by atoms with E-state index in [-0.39, 0.29) is 0 Å². The molecule has 0 aromatic heterocycles. The molecule has 0 unspecified atom stereocenters. The summed E-state index contributed by atoms with van der Waals surface area (Å²) in [5.74, 6) is 0. The first-order chi connectivity index (χ1) is 7.61. The molecular formula is C12H6Br4. The molecule has 0 atom stereocenters. The van der Waals surface area contributed by atoms with Crippen molar-refractivity contribution in [2.75, 3.05) is 0 Å². The van der Waals surface area contributed by atoms with Gasteiger partial charge in [-0.2, -0.15) is 0 Å². The highest BCUT2D eigenvalue weighted by Gasteiger charge is 2.13. The smallest absolute Gasteiger partial charge is 0.0408 e. The fourth-order valence-corrected chi connectivity index (χ4v) is 3.94. The van der Waals surface area contributed by atoms with Crippen molar-refractivity contribution >= 4 is 63.7 Å². The van der Waals surface area contributed by atoms with E-state index in [9.17, 15) is 0 Å². The lowest BCUT2D eigenvalue weighted by Gasteiger charge is -2.11. The molecule has 16 heavy (non-hydrogen) atoms. The molecule has 0 radical (unpaired) electrons. The second-order valence-corrected chi connectivity index (χ2v) is 6.50. The summed E-state index contributed by atoms with van der Waals surface area (Å²) in [6.45, 7) is 0. The van der Waals surface area contributed by atoms with E-state index >= 15 is 0 Å². The molecule has 2 aromatic carbocycles. The summed E-state index contributed by atoms with van der Waals surface area (Å²) in [4.78, 5) is 0. The minimum atomic E-state index is 1.03. The third-order valence-electron chi connectivity index (χ3n) is 2.17. The van der Waals surface area contributed by atoms with Crippen molar-refractivity contribution in [2.45, 2.75) is 0 Å². The average Bonchev–Trinajstić information content (AvgIpc) is 2.28. The molecule has 0 aliphatic rings. The fraction of sp³-hybridized carbons (Fsp3) is 0. The van der Waals surface area contributed by atoms with E-state index in [0.29, 0.717) is 0 Å². The van der Waals surface area contributed by atoms with Crippen LogP contribution >= 0.6 is 63.7 Å². The first-order valence-corrected chi connectivity index (χ1v) is 7.67. The molecule has 0 nitrogen and oxygen atoms in total. The van der Waals surface area contributed by atoms with Crippen molar-refractivity contribution in [3.05, 3.63) is 54.3 Å².